The molecule has 3 unspecified atom stereocenters. The van der Waals surface area contributed by atoms with Crippen molar-refractivity contribution in [2.24, 2.45) is 5.73 Å². The third-order valence-corrected chi connectivity index (χ3v) is 2.82. The van der Waals surface area contributed by atoms with E-state index in [2.05, 4.69) is 20.8 Å². The van der Waals surface area contributed by atoms with Crippen molar-refractivity contribution < 1.29 is 4.74 Å². The van der Waals surface area contributed by atoms with Gasteiger partial charge < -0.3 is 10.5 Å². The van der Waals surface area contributed by atoms with Crippen LogP contribution in [0, 0.1) is 0 Å². The van der Waals surface area contributed by atoms with Gasteiger partial charge in [-0.15, -0.1) is 0 Å². The van der Waals surface area contributed by atoms with Crippen LogP contribution < -0.4 is 5.73 Å². The van der Waals surface area contributed by atoms with Crippen molar-refractivity contribution in [2.75, 3.05) is 0 Å². The Labute approximate surface area is 75.5 Å². The van der Waals surface area contributed by atoms with Gasteiger partial charge in [-0.2, -0.15) is 0 Å². The Hall–Kier alpha value is -0.0800. The first kappa shape index (κ1) is 10.0. The molecule has 1 saturated heterocycles. The van der Waals surface area contributed by atoms with E-state index >= 15 is 0 Å². The summed E-state index contributed by atoms with van der Waals surface area (Å²) in [5.41, 5.74) is 6.03. The van der Waals surface area contributed by atoms with Gasteiger partial charge >= 0.3 is 0 Å². The highest BCUT2D eigenvalue weighted by Gasteiger charge is 2.28. The van der Waals surface area contributed by atoms with Crippen LogP contribution >= 0.6 is 0 Å². The van der Waals surface area contributed by atoms with E-state index < -0.39 is 0 Å². The smallest absolute Gasteiger partial charge is 0.0597 e. The number of hydrogen-bond donors (Lipinski definition) is 1. The zero-order valence-corrected chi connectivity index (χ0v) is 8.47. The molecule has 2 heteroatoms. The largest absolute Gasteiger partial charge is 0.375 e. The molecule has 2 N–H and O–H groups in total. The lowest BCUT2D eigenvalue weighted by atomic mass is 9.92. The first-order valence-electron chi connectivity index (χ1n) is 4.98. The minimum Gasteiger partial charge on any atom is -0.375 e. The van der Waals surface area contributed by atoms with Gasteiger partial charge in [0, 0.05) is 5.54 Å². The maximum Gasteiger partial charge on any atom is 0.0597 e. The van der Waals surface area contributed by atoms with Crippen LogP contribution in [0.2, 0.25) is 0 Å². The van der Waals surface area contributed by atoms with Gasteiger partial charge in [0.1, 0.15) is 0 Å². The molecule has 12 heavy (non-hydrogen) atoms. The highest BCUT2D eigenvalue weighted by molar-refractivity contribution is 4.83. The lowest BCUT2D eigenvalue weighted by Crippen LogP contribution is -2.38. The maximum atomic E-state index is 6.06. The fraction of sp³-hybridized carbons (Fsp3) is 1.00. The van der Waals surface area contributed by atoms with Gasteiger partial charge in [0.05, 0.1) is 12.2 Å². The third-order valence-electron chi connectivity index (χ3n) is 2.82. The summed E-state index contributed by atoms with van der Waals surface area (Å²) in [7, 11) is 0. The fourth-order valence-corrected chi connectivity index (χ4v) is 1.70. The lowest BCUT2D eigenvalue weighted by molar-refractivity contribution is 0.0381. The normalized spacial score (nSPS) is 35.0. The second-order valence-electron chi connectivity index (χ2n) is 4.36. The lowest BCUT2D eigenvalue weighted by Gasteiger charge is -2.26. The molecule has 1 aliphatic rings. The molecule has 1 aliphatic heterocycles. The van der Waals surface area contributed by atoms with Crippen LogP contribution in [-0.2, 0) is 4.74 Å². The summed E-state index contributed by atoms with van der Waals surface area (Å²) in [4.78, 5) is 0. The van der Waals surface area contributed by atoms with Crippen LogP contribution in [0.15, 0.2) is 0 Å². The van der Waals surface area contributed by atoms with Crippen molar-refractivity contribution in [1.29, 1.82) is 0 Å². The Bertz CT molecular complexity index is 145. The number of hydrogen-bond acceptors (Lipinski definition) is 2. The SMILES string of the molecule is CCC(C)(N)CC1CCC(C)O1. The predicted molar refractivity (Wildman–Crippen MR) is 51.1 cm³/mol. The highest BCUT2D eigenvalue weighted by Crippen LogP contribution is 2.26. The van der Waals surface area contributed by atoms with E-state index in [1.807, 2.05) is 0 Å². The molecular formula is C10H21NO. The molecule has 1 heterocycles. The molecular weight excluding hydrogens is 150 g/mol. The summed E-state index contributed by atoms with van der Waals surface area (Å²) in [6, 6.07) is 0. The van der Waals surface area contributed by atoms with Gasteiger partial charge in [0.2, 0.25) is 0 Å². The van der Waals surface area contributed by atoms with Crippen molar-refractivity contribution in [2.45, 2.75) is 64.2 Å². The Morgan fingerprint density at radius 2 is 2.17 bits per heavy atom. The summed E-state index contributed by atoms with van der Waals surface area (Å²) in [6.07, 6.45) is 5.28. The third kappa shape index (κ3) is 2.76. The van der Waals surface area contributed by atoms with Crippen LogP contribution in [0.5, 0.6) is 0 Å². The van der Waals surface area contributed by atoms with Crippen LogP contribution in [0.25, 0.3) is 0 Å². The molecule has 3 atom stereocenters. The molecule has 0 aromatic carbocycles. The van der Waals surface area contributed by atoms with Gasteiger partial charge in [-0.3, -0.25) is 0 Å². The van der Waals surface area contributed by atoms with Crippen LogP contribution in [0.1, 0.15) is 46.5 Å². The quantitative estimate of drug-likeness (QED) is 0.705. The molecule has 1 fully saturated rings. The van der Waals surface area contributed by atoms with Gasteiger partial charge in [-0.1, -0.05) is 6.92 Å². The van der Waals surface area contributed by atoms with E-state index in [9.17, 15) is 0 Å². The molecule has 0 bridgehead atoms. The molecule has 0 aromatic heterocycles. The van der Waals surface area contributed by atoms with E-state index in [1.165, 1.54) is 12.8 Å². The van der Waals surface area contributed by atoms with Crippen molar-refractivity contribution in [3.8, 4) is 0 Å². The topological polar surface area (TPSA) is 35.2 Å². The van der Waals surface area contributed by atoms with Gasteiger partial charge in [-0.25, -0.2) is 0 Å². The predicted octanol–water partition coefficient (Wildman–Crippen LogP) is 2.07. The first-order chi connectivity index (χ1) is 5.53. The number of rotatable bonds is 3. The van der Waals surface area contributed by atoms with Crippen molar-refractivity contribution in [3.05, 3.63) is 0 Å². The summed E-state index contributed by atoms with van der Waals surface area (Å²) in [5, 5.41) is 0. The average Bonchev–Trinajstić information content (AvgIpc) is 2.35. The zero-order valence-electron chi connectivity index (χ0n) is 8.47. The van der Waals surface area contributed by atoms with E-state index in [-0.39, 0.29) is 5.54 Å². The molecule has 72 valence electrons. The summed E-state index contributed by atoms with van der Waals surface area (Å²) >= 11 is 0. The van der Waals surface area contributed by atoms with Gasteiger partial charge in [0.25, 0.3) is 0 Å². The molecule has 0 radical (unpaired) electrons. The van der Waals surface area contributed by atoms with Crippen LogP contribution in [0.3, 0.4) is 0 Å². The van der Waals surface area contributed by atoms with Gasteiger partial charge in [-0.05, 0) is 39.5 Å². The molecule has 1 rings (SSSR count). The van der Waals surface area contributed by atoms with Crippen LogP contribution in [-0.4, -0.2) is 17.7 Å². The van der Waals surface area contributed by atoms with Crippen molar-refractivity contribution in [1.82, 2.24) is 0 Å². The maximum absolute atomic E-state index is 6.06. The van der Waals surface area contributed by atoms with E-state index in [0.717, 1.165) is 12.8 Å². The average molecular weight is 171 g/mol. The molecule has 0 saturated carbocycles. The summed E-state index contributed by atoms with van der Waals surface area (Å²) in [5.74, 6) is 0. The Morgan fingerprint density at radius 1 is 1.50 bits per heavy atom. The van der Waals surface area contributed by atoms with E-state index in [4.69, 9.17) is 10.5 Å². The molecule has 2 nitrogen and oxygen atoms in total. The van der Waals surface area contributed by atoms with Crippen LogP contribution in [0.4, 0.5) is 0 Å². The highest BCUT2D eigenvalue weighted by atomic mass is 16.5. The van der Waals surface area contributed by atoms with E-state index in [0.29, 0.717) is 12.2 Å². The molecule has 0 aliphatic carbocycles. The second kappa shape index (κ2) is 3.75. The van der Waals surface area contributed by atoms with Crippen molar-refractivity contribution >= 4 is 0 Å². The standard InChI is InChI=1S/C10H21NO/c1-4-10(3,11)7-9-6-5-8(2)12-9/h8-9H,4-7,11H2,1-3H3. The van der Waals surface area contributed by atoms with Gasteiger partial charge in [0.15, 0.2) is 0 Å². The minimum absolute atomic E-state index is 0.0330. The first-order valence-corrected chi connectivity index (χ1v) is 4.98. The summed E-state index contributed by atoms with van der Waals surface area (Å²) < 4.78 is 5.72. The Balaban J connectivity index is 2.32. The van der Waals surface area contributed by atoms with E-state index in [1.54, 1.807) is 0 Å². The summed E-state index contributed by atoms with van der Waals surface area (Å²) in [6.45, 7) is 6.39. The monoisotopic (exact) mass is 171 g/mol. The minimum atomic E-state index is -0.0330. The molecule has 0 aromatic rings. The molecule has 0 spiro atoms. The second-order valence-corrected chi connectivity index (χ2v) is 4.36. The number of ether oxygens (including phenoxy) is 1. The number of nitrogens with two attached hydrogens (primary N) is 1. The Morgan fingerprint density at radius 3 is 2.58 bits per heavy atom. The fourth-order valence-electron chi connectivity index (χ4n) is 1.70. The zero-order chi connectivity index (χ0) is 9.19. The Kier molecular flexibility index (Phi) is 3.13. The van der Waals surface area contributed by atoms with Crippen molar-refractivity contribution in [3.63, 3.8) is 0 Å². The molecule has 0 amide bonds.